The number of nitroso groups, excluding NO2 is 1. The van der Waals surface area contributed by atoms with Gasteiger partial charge in [0.05, 0.1) is 23.6 Å². The van der Waals surface area contributed by atoms with E-state index in [1.54, 1.807) is 25.9 Å². The van der Waals surface area contributed by atoms with E-state index in [1.807, 2.05) is 25.1 Å². The number of fused-ring (bicyclic) bond motifs is 3. The summed E-state index contributed by atoms with van der Waals surface area (Å²) >= 11 is 0. The molecule has 1 aliphatic heterocycles. The Morgan fingerprint density at radius 1 is 1.14 bits per heavy atom. The first-order valence-electron chi connectivity index (χ1n) is 14.8. The van der Waals surface area contributed by atoms with E-state index in [4.69, 9.17) is 5.73 Å². The number of piperidine rings is 1. The van der Waals surface area contributed by atoms with Crippen LogP contribution in [0.5, 0.6) is 0 Å². The molecule has 0 aromatic heterocycles. The standard InChI is InChI=1S/C31H41N5O7/c1-14(37)15-6-8-36(9-7-15)13-17-12-20(34(2)3)18-10-16-11-19-23(28(39)21(16)27(38)22(18)25(17)33-43)29(40)24(31(32)42)30(41)26(19)35(4)5/h12,14-16,19,23,26,37,39,41H,6-11,13H2,1-5H3,(H2,32,42)/t14?,16?,19?,23?,26-/m0/s1. The Balaban J connectivity index is 1.60. The van der Waals surface area contributed by atoms with E-state index < -0.39 is 58.4 Å². The van der Waals surface area contributed by atoms with Gasteiger partial charge in [-0.2, -0.15) is 0 Å². The van der Waals surface area contributed by atoms with Crippen molar-refractivity contribution in [2.45, 2.75) is 51.3 Å². The first-order valence-corrected chi connectivity index (χ1v) is 14.8. The summed E-state index contributed by atoms with van der Waals surface area (Å²) in [5.41, 5.74) is 7.13. The molecule has 3 aliphatic carbocycles. The Kier molecular flexibility index (Phi) is 8.23. The molecule has 0 radical (unpaired) electrons. The third-order valence-corrected chi connectivity index (χ3v) is 9.90. The lowest BCUT2D eigenvalue weighted by Crippen LogP contribution is -2.53. The zero-order valence-corrected chi connectivity index (χ0v) is 25.3. The van der Waals surface area contributed by atoms with Gasteiger partial charge in [0.2, 0.25) is 0 Å². The minimum atomic E-state index is -1.23. The highest BCUT2D eigenvalue weighted by Crippen LogP contribution is 2.52. The maximum absolute atomic E-state index is 14.3. The van der Waals surface area contributed by atoms with Gasteiger partial charge in [-0.25, -0.2) is 0 Å². The van der Waals surface area contributed by atoms with Crippen molar-refractivity contribution in [3.8, 4) is 0 Å². The van der Waals surface area contributed by atoms with Crippen LogP contribution in [0.15, 0.2) is 33.9 Å². The Hall–Kier alpha value is -3.61. The molecule has 12 nitrogen and oxygen atoms in total. The van der Waals surface area contributed by atoms with Crippen LogP contribution in [0.4, 0.5) is 11.4 Å². The smallest absolute Gasteiger partial charge is 0.255 e. The van der Waals surface area contributed by atoms with E-state index in [9.17, 15) is 34.6 Å². The molecule has 5 rings (SSSR count). The van der Waals surface area contributed by atoms with Crippen molar-refractivity contribution in [3.05, 3.63) is 50.3 Å². The van der Waals surface area contributed by atoms with Gasteiger partial charge in [-0.05, 0) is 99.9 Å². The Morgan fingerprint density at radius 2 is 1.79 bits per heavy atom. The lowest BCUT2D eigenvalue weighted by molar-refractivity contribution is -0.127. The molecule has 12 heteroatoms. The number of likely N-dealkylation sites (N-methyl/N-ethyl adjacent to an activating group) is 1. The summed E-state index contributed by atoms with van der Waals surface area (Å²) in [6.07, 6.45) is 1.85. The molecule has 5 N–H and O–H groups in total. The number of amides is 1. The molecule has 232 valence electrons. The number of carbonyl (C=O) groups excluding carboxylic acids is 3. The first kappa shape index (κ1) is 30.8. The highest BCUT2D eigenvalue weighted by molar-refractivity contribution is 6.22. The minimum absolute atomic E-state index is 0.0284. The first-order chi connectivity index (χ1) is 20.3. The number of rotatable bonds is 7. The largest absolute Gasteiger partial charge is 0.511 e. The number of aliphatic hydroxyl groups excluding tert-OH is 3. The zero-order chi connectivity index (χ0) is 31.5. The molecular weight excluding hydrogens is 554 g/mol. The normalized spacial score (nSPS) is 27.1. The van der Waals surface area contributed by atoms with Crippen molar-refractivity contribution in [3.63, 3.8) is 0 Å². The van der Waals surface area contributed by atoms with E-state index in [1.165, 1.54) is 0 Å². The van der Waals surface area contributed by atoms with Crippen LogP contribution in [0.25, 0.3) is 0 Å². The fraction of sp³-hybridized carbons (Fsp3) is 0.581. The molecule has 1 aromatic rings. The number of nitrogens with two attached hydrogens (primary N) is 1. The summed E-state index contributed by atoms with van der Waals surface area (Å²) in [6, 6.07) is 1.14. The molecule has 4 aliphatic rings. The third-order valence-electron chi connectivity index (χ3n) is 9.90. The molecule has 0 bridgehead atoms. The molecule has 1 saturated heterocycles. The lowest BCUT2D eigenvalue weighted by Gasteiger charge is -2.46. The summed E-state index contributed by atoms with van der Waals surface area (Å²) < 4.78 is 0. The summed E-state index contributed by atoms with van der Waals surface area (Å²) in [6.45, 7) is 3.65. The van der Waals surface area contributed by atoms with E-state index in [-0.39, 0.29) is 35.3 Å². The summed E-state index contributed by atoms with van der Waals surface area (Å²) in [7, 11) is 7.12. The molecule has 1 aromatic carbocycles. The molecule has 1 fully saturated rings. The second-order valence-corrected chi connectivity index (χ2v) is 12.9. The second-order valence-electron chi connectivity index (χ2n) is 12.9. The minimum Gasteiger partial charge on any atom is -0.511 e. The summed E-state index contributed by atoms with van der Waals surface area (Å²) in [5.74, 6) is -5.44. The van der Waals surface area contributed by atoms with E-state index in [0.717, 1.165) is 31.6 Å². The number of carbonyl (C=O) groups is 3. The van der Waals surface area contributed by atoms with Gasteiger partial charge in [0.1, 0.15) is 22.8 Å². The number of Topliss-reactive ketones (excluding diaryl/α,β-unsaturated/α-hetero) is 2. The lowest BCUT2D eigenvalue weighted by atomic mass is 9.60. The summed E-state index contributed by atoms with van der Waals surface area (Å²) in [4.78, 5) is 58.2. The van der Waals surface area contributed by atoms with Gasteiger partial charge in [-0.1, -0.05) is 0 Å². The molecule has 1 heterocycles. The number of hydrogen-bond donors (Lipinski definition) is 4. The second kappa shape index (κ2) is 11.5. The average Bonchev–Trinajstić information content (AvgIpc) is 2.92. The highest BCUT2D eigenvalue weighted by Gasteiger charge is 2.54. The number of hydrogen-bond acceptors (Lipinski definition) is 11. The number of likely N-dealkylation sites (tertiary alicyclic amines) is 1. The fourth-order valence-corrected chi connectivity index (χ4v) is 7.83. The van der Waals surface area contributed by atoms with E-state index in [0.29, 0.717) is 24.1 Å². The van der Waals surface area contributed by atoms with Crippen molar-refractivity contribution in [1.29, 1.82) is 0 Å². The number of anilines is 1. The van der Waals surface area contributed by atoms with Crippen LogP contribution in [0.2, 0.25) is 0 Å². The van der Waals surface area contributed by atoms with Crippen LogP contribution in [0.1, 0.15) is 47.7 Å². The molecule has 1 amide bonds. The van der Waals surface area contributed by atoms with Crippen molar-refractivity contribution >= 4 is 28.8 Å². The van der Waals surface area contributed by atoms with Crippen LogP contribution in [-0.4, -0.2) is 96.0 Å². The van der Waals surface area contributed by atoms with E-state index in [2.05, 4.69) is 10.1 Å². The molecule has 4 unspecified atom stereocenters. The molecule has 5 atom stereocenters. The van der Waals surface area contributed by atoms with Gasteiger partial charge >= 0.3 is 0 Å². The number of benzene rings is 1. The molecular formula is C31H41N5O7. The number of allylic oxidation sites excluding steroid dienone is 2. The Morgan fingerprint density at radius 3 is 2.33 bits per heavy atom. The van der Waals surface area contributed by atoms with Gasteiger partial charge in [-0.3, -0.25) is 24.2 Å². The SMILES string of the molecule is CC(O)C1CCN(Cc2cc(N(C)C)c3c(c2N=O)C(=O)C2=C(O)C4C(=O)C(C(N)=O)=C(O)[C@@H](N(C)C)C4CC2C3)CC1. The summed E-state index contributed by atoms with van der Waals surface area (Å²) in [5, 5.41) is 35.9. The Labute approximate surface area is 250 Å². The predicted molar refractivity (Wildman–Crippen MR) is 160 cm³/mol. The molecule has 0 spiro atoms. The van der Waals surface area contributed by atoms with Gasteiger partial charge in [-0.15, -0.1) is 4.91 Å². The van der Waals surface area contributed by atoms with Gasteiger partial charge in [0, 0.05) is 31.9 Å². The van der Waals surface area contributed by atoms with Crippen LogP contribution < -0.4 is 10.6 Å². The monoisotopic (exact) mass is 595 g/mol. The van der Waals surface area contributed by atoms with Crippen molar-refractivity contribution < 1.29 is 29.7 Å². The number of aliphatic hydroxyl groups is 3. The highest BCUT2D eigenvalue weighted by atomic mass is 16.3. The van der Waals surface area contributed by atoms with Gasteiger partial charge in [0.25, 0.3) is 5.91 Å². The van der Waals surface area contributed by atoms with Crippen molar-refractivity contribution in [1.82, 2.24) is 9.80 Å². The average molecular weight is 596 g/mol. The third kappa shape index (κ3) is 5.04. The Bertz CT molecular complexity index is 1440. The van der Waals surface area contributed by atoms with Crippen LogP contribution >= 0.6 is 0 Å². The number of ketones is 2. The van der Waals surface area contributed by atoms with Crippen LogP contribution in [-0.2, 0) is 22.6 Å². The predicted octanol–water partition coefficient (Wildman–Crippen LogP) is 2.36. The number of nitrogens with zero attached hydrogens (tertiary/aromatic N) is 4. The van der Waals surface area contributed by atoms with Crippen molar-refractivity contribution in [2.75, 3.05) is 46.2 Å². The molecule has 0 saturated carbocycles. The molecule has 43 heavy (non-hydrogen) atoms. The zero-order valence-electron chi connectivity index (χ0n) is 25.3. The van der Waals surface area contributed by atoms with Crippen LogP contribution in [0.3, 0.4) is 0 Å². The fourth-order valence-electron chi connectivity index (χ4n) is 7.83. The van der Waals surface area contributed by atoms with Gasteiger partial charge < -0.3 is 26.0 Å². The van der Waals surface area contributed by atoms with Gasteiger partial charge in [0.15, 0.2) is 11.6 Å². The maximum Gasteiger partial charge on any atom is 0.255 e. The number of primary amides is 1. The quantitative estimate of drug-likeness (QED) is 0.270. The van der Waals surface area contributed by atoms with E-state index >= 15 is 0 Å². The van der Waals surface area contributed by atoms with Crippen molar-refractivity contribution in [2.24, 2.45) is 34.6 Å². The van der Waals surface area contributed by atoms with Crippen LogP contribution in [0, 0.1) is 28.6 Å². The topological polar surface area (TPSA) is 177 Å². The maximum atomic E-state index is 14.3.